The molecule has 0 aliphatic carbocycles. The number of hydrogen-bond acceptors (Lipinski definition) is 4. The largest absolute Gasteiger partial charge is 0.497 e. The van der Waals surface area contributed by atoms with Crippen molar-refractivity contribution in [1.82, 2.24) is 15.1 Å². The molecule has 0 bridgehead atoms. The van der Waals surface area contributed by atoms with Crippen molar-refractivity contribution >= 4 is 17.5 Å². The minimum absolute atomic E-state index is 0.115. The van der Waals surface area contributed by atoms with Crippen molar-refractivity contribution in [2.45, 2.75) is 20.4 Å². The van der Waals surface area contributed by atoms with Crippen LogP contribution in [-0.4, -0.2) is 35.2 Å². The summed E-state index contributed by atoms with van der Waals surface area (Å²) in [7, 11) is 1.62. The van der Waals surface area contributed by atoms with Crippen molar-refractivity contribution in [3.8, 4) is 5.75 Å². The first-order valence-corrected chi connectivity index (χ1v) is 9.26. The molecule has 150 valence electrons. The molecule has 0 atom stereocenters. The van der Waals surface area contributed by atoms with Gasteiger partial charge in [0.1, 0.15) is 5.75 Å². The van der Waals surface area contributed by atoms with Crippen LogP contribution in [0.15, 0.2) is 54.9 Å². The summed E-state index contributed by atoms with van der Waals surface area (Å²) in [6.07, 6.45) is 3.14. The third-order valence-corrected chi connectivity index (χ3v) is 4.55. The van der Waals surface area contributed by atoms with E-state index in [2.05, 4.69) is 15.7 Å². The Hall–Kier alpha value is -3.61. The first-order valence-electron chi connectivity index (χ1n) is 9.26. The predicted molar refractivity (Wildman–Crippen MR) is 111 cm³/mol. The molecule has 1 heterocycles. The van der Waals surface area contributed by atoms with Crippen molar-refractivity contribution in [3.05, 3.63) is 77.1 Å². The van der Waals surface area contributed by atoms with E-state index in [4.69, 9.17) is 4.74 Å². The summed E-state index contributed by atoms with van der Waals surface area (Å²) >= 11 is 0. The molecule has 2 amide bonds. The van der Waals surface area contributed by atoms with Crippen LogP contribution in [0.1, 0.15) is 27.0 Å². The average molecular weight is 392 g/mol. The maximum absolute atomic E-state index is 12.3. The number of hydrogen-bond donors (Lipinski definition) is 2. The highest BCUT2D eigenvalue weighted by Crippen LogP contribution is 2.19. The number of para-hydroxylation sites is 1. The van der Waals surface area contributed by atoms with E-state index >= 15 is 0 Å². The van der Waals surface area contributed by atoms with Crippen molar-refractivity contribution in [2.75, 3.05) is 19.0 Å². The summed E-state index contributed by atoms with van der Waals surface area (Å²) in [6, 6.07) is 13.4. The van der Waals surface area contributed by atoms with Crippen LogP contribution in [0, 0.1) is 13.8 Å². The number of anilines is 1. The maximum atomic E-state index is 12.3. The van der Waals surface area contributed by atoms with Crippen LogP contribution in [0.3, 0.4) is 0 Å². The normalized spacial score (nSPS) is 10.4. The Balaban J connectivity index is 1.54. The van der Waals surface area contributed by atoms with Gasteiger partial charge in [-0.05, 0) is 42.7 Å². The molecule has 0 saturated heterocycles. The third-order valence-electron chi connectivity index (χ3n) is 4.55. The number of carbonyl (C=O) groups excluding carboxylic acids is 2. The van der Waals surface area contributed by atoms with E-state index < -0.39 is 0 Å². The van der Waals surface area contributed by atoms with Crippen LogP contribution < -0.4 is 15.4 Å². The summed E-state index contributed by atoms with van der Waals surface area (Å²) in [5, 5.41) is 9.69. The monoisotopic (exact) mass is 392 g/mol. The molecule has 0 aliphatic heterocycles. The number of nitrogens with one attached hydrogen (secondary N) is 2. The maximum Gasteiger partial charge on any atom is 0.254 e. The van der Waals surface area contributed by atoms with E-state index in [1.807, 2.05) is 56.3 Å². The molecule has 0 fully saturated rings. The van der Waals surface area contributed by atoms with E-state index in [9.17, 15) is 9.59 Å². The number of methoxy groups -OCH3 is 1. The van der Waals surface area contributed by atoms with Crippen molar-refractivity contribution in [3.63, 3.8) is 0 Å². The lowest BCUT2D eigenvalue weighted by atomic mass is 10.1. The second-order valence-electron chi connectivity index (χ2n) is 6.77. The van der Waals surface area contributed by atoms with Gasteiger partial charge in [-0.1, -0.05) is 30.3 Å². The number of nitrogens with zero attached hydrogens (tertiary/aromatic N) is 2. The highest BCUT2D eigenvalue weighted by molar-refractivity contribution is 5.99. The second-order valence-corrected chi connectivity index (χ2v) is 6.77. The number of carbonyl (C=O) groups is 2. The lowest BCUT2D eigenvalue weighted by molar-refractivity contribution is -0.115. The van der Waals surface area contributed by atoms with E-state index in [0.717, 1.165) is 28.1 Å². The van der Waals surface area contributed by atoms with Gasteiger partial charge in [0.15, 0.2) is 0 Å². The molecular weight excluding hydrogens is 368 g/mol. The van der Waals surface area contributed by atoms with Crippen LogP contribution in [0.2, 0.25) is 0 Å². The highest BCUT2D eigenvalue weighted by atomic mass is 16.5. The third kappa shape index (κ3) is 5.22. The summed E-state index contributed by atoms with van der Waals surface area (Å²) in [4.78, 5) is 24.5. The van der Waals surface area contributed by atoms with Crippen molar-refractivity contribution in [2.24, 2.45) is 0 Å². The zero-order valence-electron chi connectivity index (χ0n) is 16.7. The Morgan fingerprint density at radius 1 is 1.07 bits per heavy atom. The van der Waals surface area contributed by atoms with Crippen LogP contribution in [0.4, 0.5) is 5.69 Å². The Morgan fingerprint density at radius 3 is 2.41 bits per heavy atom. The van der Waals surface area contributed by atoms with Gasteiger partial charge in [0, 0.05) is 11.9 Å². The number of amides is 2. The molecule has 0 unspecified atom stereocenters. The average Bonchev–Trinajstić information content (AvgIpc) is 3.18. The van der Waals surface area contributed by atoms with Crippen LogP contribution in [-0.2, 0) is 11.3 Å². The summed E-state index contributed by atoms with van der Waals surface area (Å²) in [6.45, 7) is 4.28. The molecule has 0 spiro atoms. The molecule has 3 aromatic rings. The quantitative estimate of drug-likeness (QED) is 0.647. The first kappa shape index (κ1) is 20.1. The predicted octanol–water partition coefficient (Wildman–Crippen LogP) is 2.93. The van der Waals surface area contributed by atoms with Gasteiger partial charge in [0.05, 0.1) is 32.0 Å². The number of rotatable bonds is 7. The van der Waals surface area contributed by atoms with Gasteiger partial charge >= 0.3 is 0 Å². The summed E-state index contributed by atoms with van der Waals surface area (Å²) in [5.41, 5.74) is 4.17. The van der Waals surface area contributed by atoms with Gasteiger partial charge in [0.25, 0.3) is 5.91 Å². The van der Waals surface area contributed by atoms with E-state index in [-0.39, 0.29) is 18.4 Å². The fourth-order valence-corrected chi connectivity index (χ4v) is 2.94. The zero-order chi connectivity index (χ0) is 20.8. The van der Waals surface area contributed by atoms with Crippen LogP contribution in [0.25, 0.3) is 0 Å². The number of aryl methyl sites for hydroxylation is 2. The minimum Gasteiger partial charge on any atom is -0.497 e. The molecule has 0 aliphatic rings. The fourth-order valence-electron chi connectivity index (χ4n) is 2.94. The van der Waals surface area contributed by atoms with Crippen molar-refractivity contribution in [1.29, 1.82) is 0 Å². The molecule has 0 radical (unpaired) electrons. The topological polar surface area (TPSA) is 85.2 Å². The molecule has 7 nitrogen and oxygen atoms in total. The van der Waals surface area contributed by atoms with Gasteiger partial charge in [0.2, 0.25) is 5.91 Å². The molecule has 2 N–H and O–H groups in total. The number of ether oxygens (including phenoxy) is 1. The Morgan fingerprint density at radius 2 is 1.76 bits per heavy atom. The van der Waals surface area contributed by atoms with E-state index in [0.29, 0.717) is 12.1 Å². The van der Waals surface area contributed by atoms with E-state index in [1.165, 1.54) is 6.20 Å². The van der Waals surface area contributed by atoms with Gasteiger partial charge < -0.3 is 15.4 Å². The summed E-state index contributed by atoms with van der Waals surface area (Å²) < 4.78 is 6.82. The smallest absolute Gasteiger partial charge is 0.254 e. The Kier molecular flexibility index (Phi) is 6.29. The van der Waals surface area contributed by atoms with Gasteiger partial charge in [-0.25, -0.2) is 0 Å². The molecule has 3 rings (SSSR count). The lowest BCUT2D eigenvalue weighted by Crippen LogP contribution is -2.33. The van der Waals surface area contributed by atoms with E-state index in [1.54, 1.807) is 18.0 Å². The molecule has 0 saturated carbocycles. The molecule has 1 aromatic heterocycles. The van der Waals surface area contributed by atoms with Gasteiger partial charge in [-0.15, -0.1) is 0 Å². The zero-order valence-corrected chi connectivity index (χ0v) is 16.7. The first-order chi connectivity index (χ1) is 14.0. The molecule has 2 aromatic carbocycles. The van der Waals surface area contributed by atoms with Crippen LogP contribution in [0.5, 0.6) is 5.75 Å². The second kappa shape index (κ2) is 9.05. The highest BCUT2D eigenvalue weighted by Gasteiger charge is 2.12. The summed E-state index contributed by atoms with van der Waals surface area (Å²) in [5.74, 6) is 0.164. The number of aromatic nitrogens is 2. The Labute approximate surface area is 169 Å². The molecular formula is C22H24N4O3. The Bertz CT molecular complexity index is 989. The molecule has 7 heteroatoms. The number of benzene rings is 2. The van der Waals surface area contributed by atoms with Crippen molar-refractivity contribution < 1.29 is 14.3 Å². The molecule has 29 heavy (non-hydrogen) atoms. The van der Waals surface area contributed by atoms with Crippen LogP contribution >= 0.6 is 0 Å². The minimum atomic E-state index is -0.345. The fraction of sp³-hybridized carbons (Fsp3) is 0.227. The van der Waals surface area contributed by atoms with Gasteiger partial charge in [-0.3, -0.25) is 14.3 Å². The SMILES string of the molecule is COc1ccc(Cn2cc(C(=O)NCC(=O)Nc3c(C)cccc3C)cn2)cc1. The van der Waals surface area contributed by atoms with Gasteiger partial charge in [-0.2, -0.15) is 5.10 Å². The standard InChI is InChI=1S/C22H24N4O3/c1-15-5-4-6-16(2)21(15)25-20(27)12-23-22(28)18-11-24-26(14-18)13-17-7-9-19(29-3)10-8-17/h4-11,14H,12-13H2,1-3H3,(H,23,28)(H,25,27). The lowest BCUT2D eigenvalue weighted by Gasteiger charge is -2.11.